The lowest BCUT2D eigenvalue weighted by atomic mass is 10.1. The van der Waals surface area contributed by atoms with E-state index in [1.165, 1.54) is 11.0 Å². The van der Waals surface area contributed by atoms with Crippen LogP contribution in [0.25, 0.3) is 10.9 Å². The van der Waals surface area contributed by atoms with Gasteiger partial charge in [0.2, 0.25) is 0 Å². The minimum absolute atomic E-state index is 0.247. The van der Waals surface area contributed by atoms with Crippen molar-refractivity contribution in [3.8, 4) is 0 Å². The van der Waals surface area contributed by atoms with Gasteiger partial charge in [0, 0.05) is 23.6 Å². The van der Waals surface area contributed by atoms with Crippen LogP contribution in [0.5, 0.6) is 0 Å². The highest BCUT2D eigenvalue weighted by Gasteiger charge is 2.34. The van der Waals surface area contributed by atoms with E-state index in [2.05, 4.69) is 11.6 Å². The first-order valence-corrected chi connectivity index (χ1v) is 8.58. The summed E-state index contributed by atoms with van der Waals surface area (Å²) in [7, 11) is 0. The highest BCUT2D eigenvalue weighted by atomic mass is 16.2. The number of rotatable bonds is 5. The average molecular weight is 336 g/mol. The smallest absolute Gasteiger partial charge is 0.261 e. The van der Waals surface area contributed by atoms with Crippen LogP contribution in [0.3, 0.4) is 0 Å². The summed E-state index contributed by atoms with van der Waals surface area (Å²) in [4.78, 5) is 29.3. The van der Waals surface area contributed by atoms with Gasteiger partial charge in [-0.25, -0.2) is 0 Å². The van der Waals surface area contributed by atoms with Gasteiger partial charge >= 0.3 is 0 Å². The molecule has 0 fully saturated rings. The van der Waals surface area contributed by atoms with Crippen molar-refractivity contribution in [1.29, 1.82) is 0 Å². The summed E-state index contributed by atoms with van der Waals surface area (Å²) in [5, 5.41) is 1.12. The Hall–Kier alpha value is -2.88. The number of nitrogens with zero attached hydrogens (tertiary/aromatic N) is 1. The number of para-hydroxylation sites is 1. The lowest BCUT2D eigenvalue weighted by Crippen LogP contribution is -2.33. The third-order valence-electron chi connectivity index (χ3n) is 4.06. The predicted octanol–water partition coefficient (Wildman–Crippen LogP) is 4.16. The van der Waals surface area contributed by atoms with Crippen LogP contribution in [0.2, 0.25) is 0 Å². The number of hydrogen-bond donors (Lipinski definition) is 1. The molecule has 1 aliphatic rings. The van der Waals surface area contributed by atoms with Crippen LogP contribution in [-0.4, -0.2) is 28.2 Å². The fourth-order valence-electron chi connectivity index (χ4n) is 2.91. The van der Waals surface area contributed by atoms with Gasteiger partial charge < -0.3 is 4.98 Å². The second kappa shape index (κ2) is 8.29. The number of carbonyl (C=O) groups excluding carboxylic acids is 2. The van der Waals surface area contributed by atoms with E-state index in [-0.39, 0.29) is 11.8 Å². The van der Waals surface area contributed by atoms with Crippen molar-refractivity contribution in [2.24, 2.45) is 0 Å². The molecule has 0 aliphatic carbocycles. The monoisotopic (exact) mass is 336 g/mol. The van der Waals surface area contributed by atoms with Crippen molar-refractivity contribution in [1.82, 2.24) is 9.88 Å². The predicted molar refractivity (Wildman–Crippen MR) is 102 cm³/mol. The van der Waals surface area contributed by atoms with Crippen molar-refractivity contribution < 1.29 is 9.59 Å². The lowest BCUT2D eigenvalue weighted by molar-refractivity contribution is -0.137. The number of benzene rings is 1. The van der Waals surface area contributed by atoms with E-state index in [1.54, 1.807) is 12.2 Å². The molecule has 0 spiro atoms. The van der Waals surface area contributed by atoms with Crippen LogP contribution in [0.1, 0.15) is 26.3 Å². The summed E-state index contributed by atoms with van der Waals surface area (Å²) in [5.41, 5.74) is 2.96. The number of allylic oxidation sites excluding steroid dienone is 1. The average Bonchev–Trinajstić information content (AvgIpc) is 3.15. The second-order valence-electron chi connectivity index (χ2n) is 5.40. The van der Waals surface area contributed by atoms with Crippen molar-refractivity contribution in [2.75, 3.05) is 6.54 Å². The molecule has 4 nitrogen and oxygen atoms in total. The van der Waals surface area contributed by atoms with Gasteiger partial charge in [-0.3, -0.25) is 14.5 Å². The SMILES string of the molecule is C=CC1=C(/C=C\C)C(=O)N(CCc2c[nH]c3ccccc23)C1=O.CC. The molecule has 0 saturated carbocycles. The molecule has 0 unspecified atom stereocenters. The molecule has 130 valence electrons. The van der Waals surface area contributed by atoms with Gasteiger partial charge in [0.05, 0.1) is 11.1 Å². The van der Waals surface area contributed by atoms with E-state index >= 15 is 0 Å². The molecule has 3 rings (SSSR count). The minimum Gasteiger partial charge on any atom is -0.361 e. The first kappa shape index (κ1) is 18.5. The number of aromatic amines is 1. The maximum absolute atomic E-state index is 12.4. The zero-order chi connectivity index (χ0) is 18.4. The Morgan fingerprint density at radius 3 is 2.48 bits per heavy atom. The molecular weight excluding hydrogens is 312 g/mol. The molecule has 4 heteroatoms. The van der Waals surface area contributed by atoms with Crippen LogP contribution in [0.15, 0.2) is 66.4 Å². The Labute approximate surface area is 148 Å². The number of hydrogen-bond acceptors (Lipinski definition) is 2. The summed E-state index contributed by atoms with van der Waals surface area (Å²) < 4.78 is 0. The van der Waals surface area contributed by atoms with E-state index < -0.39 is 0 Å². The van der Waals surface area contributed by atoms with Crippen molar-refractivity contribution in [3.63, 3.8) is 0 Å². The first-order valence-electron chi connectivity index (χ1n) is 8.58. The van der Waals surface area contributed by atoms with Crippen LogP contribution >= 0.6 is 0 Å². The number of nitrogens with one attached hydrogen (secondary N) is 1. The van der Waals surface area contributed by atoms with E-state index in [1.807, 2.05) is 51.2 Å². The van der Waals surface area contributed by atoms with Gasteiger partial charge in [0.25, 0.3) is 11.8 Å². The fraction of sp³-hybridized carbons (Fsp3) is 0.238. The molecular formula is C21H24N2O2. The highest BCUT2D eigenvalue weighted by molar-refractivity contribution is 6.21. The maximum Gasteiger partial charge on any atom is 0.261 e. The highest BCUT2D eigenvalue weighted by Crippen LogP contribution is 2.24. The van der Waals surface area contributed by atoms with E-state index in [0.29, 0.717) is 24.1 Å². The molecule has 25 heavy (non-hydrogen) atoms. The van der Waals surface area contributed by atoms with Gasteiger partial charge in [-0.05, 0) is 25.0 Å². The molecule has 0 bridgehead atoms. The number of imide groups is 1. The summed E-state index contributed by atoms with van der Waals surface area (Å²) in [5.74, 6) is -0.513. The topological polar surface area (TPSA) is 53.2 Å². The van der Waals surface area contributed by atoms with E-state index in [4.69, 9.17) is 0 Å². The molecule has 0 saturated heterocycles. The lowest BCUT2D eigenvalue weighted by Gasteiger charge is -2.14. The largest absolute Gasteiger partial charge is 0.361 e. The standard InChI is InChI=1S/C19H18N2O2.C2H6/c1-3-7-16-14(4-2)18(22)21(19(16)23)11-10-13-12-20-17-9-6-5-8-15(13)17;1-2/h3-9,12,20H,2,10-11H2,1H3;1-2H3/b7-3-;. The van der Waals surface area contributed by atoms with E-state index in [9.17, 15) is 9.59 Å². The van der Waals surface area contributed by atoms with Gasteiger partial charge in [-0.2, -0.15) is 0 Å². The molecule has 0 atom stereocenters. The number of fused-ring (bicyclic) bond motifs is 1. The van der Waals surface area contributed by atoms with Gasteiger partial charge in [0.15, 0.2) is 0 Å². The molecule has 0 radical (unpaired) electrons. The molecule has 1 aromatic carbocycles. The van der Waals surface area contributed by atoms with Crippen molar-refractivity contribution >= 4 is 22.7 Å². The zero-order valence-corrected chi connectivity index (χ0v) is 15.0. The number of H-pyrrole nitrogens is 1. The Bertz CT molecular complexity index is 856. The zero-order valence-electron chi connectivity index (χ0n) is 15.0. The third-order valence-corrected chi connectivity index (χ3v) is 4.06. The Morgan fingerprint density at radius 2 is 1.80 bits per heavy atom. The molecule has 1 N–H and O–H groups in total. The van der Waals surface area contributed by atoms with Crippen LogP contribution < -0.4 is 0 Å². The van der Waals surface area contributed by atoms with Gasteiger partial charge in [0.1, 0.15) is 0 Å². The third kappa shape index (κ3) is 3.48. The molecule has 2 aromatic rings. The fourth-order valence-corrected chi connectivity index (χ4v) is 2.91. The Balaban J connectivity index is 0.00000109. The maximum atomic E-state index is 12.4. The summed E-state index contributed by atoms with van der Waals surface area (Å²) in [6.45, 7) is 9.83. The number of aromatic nitrogens is 1. The summed E-state index contributed by atoms with van der Waals surface area (Å²) >= 11 is 0. The van der Waals surface area contributed by atoms with Crippen LogP contribution in [0.4, 0.5) is 0 Å². The Morgan fingerprint density at radius 1 is 1.12 bits per heavy atom. The Kier molecular flexibility index (Phi) is 6.12. The summed E-state index contributed by atoms with van der Waals surface area (Å²) in [6.07, 6.45) is 7.44. The van der Waals surface area contributed by atoms with Crippen molar-refractivity contribution in [3.05, 3.63) is 72.0 Å². The molecule has 1 aromatic heterocycles. The van der Waals surface area contributed by atoms with Crippen LogP contribution in [0, 0.1) is 0 Å². The van der Waals surface area contributed by atoms with Crippen molar-refractivity contribution in [2.45, 2.75) is 27.2 Å². The van der Waals surface area contributed by atoms with Crippen LogP contribution in [-0.2, 0) is 16.0 Å². The normalized spacial score (nSPS) is 14.4. The molecule has 2 heterocycles. The number of amides is 2. The van der Waals surface area contributed by atoms with E-state index in [0.717, 1.165) is 16.5 Å². The number of carbonyl (C=O) groups is 2. The molecule has 1 aliphatic heterocycles. The quantitative estimate of drug-likeness (QED) is 0.833. The first-order chi connectivity index (χ1) is 12.2. The van der Waals surface area contributed by atoms with Gasteiger partial charge in [-0.15, -0.1) is 0 Å². The van der Waals surface area contributed by atoms with Gasteiger partial charge in [-0.1, -0.05) is 56.9 Å². The minimum atomic E-state index is -0.266. The summed E-state index contributed by atoms with van der Waals surface area (Å²) in [6, 6.07) is 7.99. The molecule has 2 amide bonds. The second-order valence-corrected chi connectivity index (χ2v) is 5.40.